The molecule has 0 radical (unpaired) electrons. The number of nitrogens with two attached hydrogens (primary N) is 1. The number of nitrogens with zero attached hydrogens (tertiary/aromatic N) is 2. The molecule has 0 saturated carbocycles. The van der Waals surface area contributed by atoms with Gasteiger partial charge in [-0.3, -0.25) is 5.10 Å². The first-order chi connectivity index (χ1) is 13.8. The number of aromatic amines is 1. The smallest absolute Gasteiger partial charge is 0.161 e. The summed E-state index contributed by atoms with van der Waals surface area (Å²) in [5, 5.41) is 3.23. The molecule has 0 saturated heterocycles. The first-order valence-corrected chi connectivity index (χ1v) is 9.02. The number of para-hydroxylation sites is 1. The number of ether oxygens (including phenoxy) is 1. The number of H-pyrrole nitrogens is 1. The van der Waals surface area contributed by atoms with Crippen LogP contribution in [0.4, 0.5) is 5.69 Å². The molecule has 0 spiro atoms. The molecule has 0 unspecified atom stereocenters. The number of nitrogens with one attached hydrogen (secondary N) is 1. The summed E-state index contributed by atoms with van der Waals surface area (Å²) in [6, 6.07) is 25.5. The molecule has 28 heavy (non-hydrogen) atoms. The van der Waals surface area contributed by atoms with E-state index in [2.05, 4.69) is 5.10 Å². The molecule has 0 fully saturated rings. The largest absolute Gasteiger partial charge is 0.457 e. The summed E-state index contributed by atoms with van der Waals surface area (Å²) >= 11 is 0. The average molecular weight is 366 g/mol. The molecule has 0 aliphatic rings. The average Bonchev–Trinajstić information content (AvgIpc) is 3.30. The van der Waals surface area contributed by atoms with Gasteiger partial charge in [-0.2, -0.15) is 0 Å². The second-order valence-electron chi connectivity index (χ2n) is 6.57. The number of anilines is 1. The van der Waals surface area contributed by atoms with Crippen LogP contribution in [0.15, 0.2) is 91.3 Å². The zero-order valence-electron chi connectivity index (χ0n) is 15.0. The van der Waals surface area contributed by atoms with Crippen molar-refractivity contribution in [1.82, 2.24) is 14.6 Å². The lowest BCUT2D eigenvalue weighted by atomic mass is 10.1. The predicted molar refractivity (Wildman–Crippen MR) is 111 cm³/mol. The van der Waals surface area contributed by atoms with Gasteiger partial charge in [0.25, 0.3) is 0 Å². The normalized spacial score (nSPS) is 11.0. The van der Waals surface area contributed by atoms with E-state index in [-0.39, 0.29) is 0 Å². The number of rotatable bonds is 4. The third-order valence-corrected chi connectivity index (χ3v) is 4.62. The minimum atomic E-state index is 0.734. The van der Waals surface area contributed by atoms with Gasteiger partial charge in [0.05, 0.1) is 11.9 Å². The number of imidazole rings is 1. The minimum absolute atomic E-state index is 0.734. The van der Waals surface area contributed by atoms with Crippen LogP contribution < -0.4 is 10.5 Å². The van der Waals surface area contributed by atoms with Gasteiger partial charge in [-0.1, -0.05) is 30.3 Å². The molecule has 5 nitrogen and oxygen atoms in total. The van der Waals surface area contributed by atoms with Gasteiger partial charge in [0, 0.05) is 23.0 Å². The fraction of sp³-hybridized carbons (Fsp3) is 0. The summed E-state index contributed by atoms with van der Waals surface area (Å²) < 4.78 is 7.78. The van der Waals surface area contributed by atoms with Crippen LogP contribution in [-0.4, -0.2) is 14.6 Å². The summed E-state index contributed by atoms with van der Waals surface area (Å²) in [7, 11) is 0. The zero-order chi connectivity index (χ0) is 18.9. The summed E-state index contributed by atoms with van der Waals surface area (Å²) in [6.07, 6.45) is 3.93. The maximum atomic E-state index is 5.93. The molecule has 0 atom stereocenters. The van der Waals surface area contributed by atoms with Crippen LogP contribution >= 0.6 is 0 Å². The van der Waals surface area contributed by atoms with Crippen LogP contribution in [0.1, 0.15) is 0 Å². The van der Waals surface area contributed by atoms with Crippen molar-refractivity contribution in [2.24, 2.45) is 0 Å². The Hall–Kier alpha value is -3.99. The van der Waals surface area contributed by atoms with Crippen molar-refractivity contribution in [2.75, 3.05) is 5.73 Å². The number of fused-ring (bicyclic) bond motifs is 1. The van der Waals surface area contributed by atoms with Crippen LogP contribution in [0.3, 0.4) is 0 Å². The molecular formula is C23H18N4O. The van der Waals surface area contributed by atoms with Crippen molar-refractivity contribution in [3.63, 3.8) is 0 Å². The Kier molecular flexibility index (Phi) is 3.84. The summed E-state index contributed by atoms with van der Waals surface area (Å²) in [6.45, 7) is 0. The Bertz CT molecular complexity index is 1240. The second kappa shape index (κ2) is 6.63. The van der Waals surface area contributed by atoms with Crippen molar-refractivity contribution in [2.45, 2.75) is 0 Å². The number of aromatic nitrogens is 3. The molecule has 136 valence electrons. The predicted octanol–water partition coefficient (Wildman–Crippen LogP) is 5.37. The molecule has 0 amide bonds. The van der Waals surface area contributed by atoms with Gasteiger partial charge in [0.2, 0.25) is 0 Å². The van der Waals surface area contributed by atoms with E-state index in [9.17, 15) is 0 Å². The van der Waals surface area contributed by atoms with Crippen molar-refractivity contribution in [1.29, 1.82) is 0 Å². The number of hydrogen-bond donors (Lipinski definition) is 2. The van der Waals surface area contributed by atoms with Gasteiger partial charge in [0.1, 0.15) is 11.5 Å². The maximum Gasteiger partial charge on any atom is 0.161 e. The maximum absolute atomic E-state index is 5.93. The molecule has 3 N–H and O–H groups in total. The number of nitrogen functional groups attached to an aromatic ring is 1. The van der Waals surface area contributed by atoms with Crippen molar-refractivity contribution in [3.05, 3.63) is 91.3 Å². The number of hydrogen-bond acceptors (Lipinski definition) is 3. The molecule has 5 heteroatoms. The van der Waals surface area contributed by atoms with E-state index < -0.39 is 0 Å². The first kappa shape index (κ1) is 16.2. The fourth-order valence-electron chi connectivity index (χ4n) is 3.24. The van der Waals surface area contributed by atoms with E-state index in [4.69, 9.17) is 15.5 Å². The lowest BCUT2D eigenvalue weighted by Crippen LogP contribution is -1.85. The highest BCUT2D eigenvalue weighted by atomic mass is 16.5. The van der Waals surface area contributed by atoms with Crippen LogP contribution in [0.5, 0.6) is 11.5 Å². The van der Waals surface area contributed by atoms with Gasteiger partial charge in [-0.25, -0.2) is 9.50 Å². The monoisotopic (exact) mass is 366 g/mol. The molecule has 0 aliphatic heterocycles. The van der Waals surface area contributed by atoms with E-state index in [0.29, 0.717) is 0 Å². The van der Waals surface area contributed by atoms with Crippen molar-refractivity contribution in [3.8, 4) is 33.9 Å². The van der Waals surface area contributed by atoms with Crippen LogP contribution in [0.25, 0.3) is 28.0 Å². The molecule has 0 bridgehead atoms. The van der Waals surface area contributed by atoms with E-state index in [1.807, 2.05) is 95.8 Å². The molecule has 2 heterocycles. The van der Waals surface area contributed by atoms with Gasteiger partial charge < -0.3 is 10.5 Å². The van der Waals surface area contributed by atoms with E-state index in [1.54, 1.807) is 0 Å². The lowest BCUT2D eigenvalue weighted by molar-refractivity contribution is 0.483. The lowest BCUT2D eigenvalue weighted by Gasteiger charge is -2.05. The Labute approximate surface area is 162 Å². The van der Waals surface area contributed by atoms with Gasteiger partial charge >= 0.3 is 0 Å². The van der Waals surface area contributed by atoms with Gasteiger partial charge in [-0.05, 0) is 54.1 Å². The standard InChI is InChI=1S/C23H18N4O/c24-18-6-4-5-17(13-18)21-14-25-27-15-22(26-23(21)27)16-9-11-20(12-10-16)28-19-7-2-1-3-8-19/h1-15,25H,24H2. The number of benzene rings is 3. The minimum Gasteiger partial charge on any atom is -0.457 e. The fourth-order valence-corrected chi connectivity index (χ4v) is 3.24. The molecule has 5 aromatic rings. The highest BCUT2D eigenvalue weighted by Crippen LogP contribution is 2.29. The van der Waals surface area contributed by atoms with E-state index in [0.717, 1.165) is 45.2 Å². The highest BCUT2D eigenvalue weighted by molar-refractivity contribution is 5.80. The van der Waals surface area contributed by atoms with Gasteiger partial charge in [0.15, 0.2) is 5.65 Å². The van der Waals surface area contributed by atoms with Crippen LogP contribution in [0, 0.1) is 0 Å². The van der Waals surface area contributed by atoms with Crippen molar-refractivity contribution >= 4 is 11.3 Å². The van der Waals surface area contributed by atoms with E-state index >= 15 is 0 Å². The highest BCUT2D eigenvalue weighted by Gasteiger charge is 2.12. The zero-order valence-corrected chi connectivity index (χ0v) is 15.0. The SMILES string of the molecule is Nc1cccc(-c2c[nH]n3cc(-c4ccc(Oc5ccccc5)cc4)nc23)c1. The molecule has 0 aliphatic carbocycles. The topological polar surface area (TPSA) is 68.3 Å². The molecule has 2 aromatic heterocycles. The molecular weight excluding hydrogens is 348 g/mol. The summed E-state index contributed by atoms with van der Waals surface area (Å²) in [4.78, 5) is 4.81. The first-order valence-electron chi connectivity index (χ1n) is 9.02. The quantitative estimate of drug-likeness (QED) is 0.420. The summed E-state index contributed by atoms with van der Waals surface area (Å²) in [5.74, 6) is 1.61. The third kappa shape index (κ3) is 2.99. The Balaban J connectivity index is 1.45. The Morgan fingerprint density at radius 2 is 1.61 bits per heavy atom. The van der Waals surface area contributed by atoms with Crippen molar-refractivity contribution < 1.29 is 4.74 Å². The van der Waals surface area contributed by atoms with E-state index in [1.165, 1.54) is 0 Å². The summed E-state index contributed by atoms with van der Waals surface area (Å²) in [5.41, 5.74) is 11.5. The molecule has 5 rings (SSSR count). The second-order valence-corrected chi connectivity index (χ2v) is 6.57. The van der Waals surface area contributed by atoms with Crippen LogP contribution in [0.2, 0.25) is 0 Å². The van der Waals surface area contributed by atoms with Gasteiger partial charge in [-0.15, -0.1) is 0 Å². The molecule has 3 aromatic carbocycles. The third-order valence-electron chi connectivity index (χ3n) is 4.62. The Morgan fingerprint density at radius 3 is 2.39 bits per heavy atom. The van der Waals surface area contributed by atoms with Crippen LogP contribution in [-0.2, 0) is 0 Å². The Morgan fingerprint density at radius 1 is 0.821 bits per heavy atom.